The Labute approximate surface area is 169 Å². The van der Waals surface area contributed by atoms with Crippen molar-refractivity contribution in [3.05, 3.63) is 59.7 Å². The smallest absolute Gasteiger partial charge is 0.191 e. The van der Waals surface area contributed by atoms with E-state index in [0.717, 1.165) is 49.9 Å². The highest BCUT2D eigenvalue weighted by molar-refractivity contribution is 5.79. The van der Waals surface area contributed by atoms with Gasteiger partial charge in [0, 0.05) is 44.9 Å². The molecule has 0 radical (unpaired) electrons. The van der Waals surface area contributed by atoms with Crippen LogP contribution in [0.3, 0.4) is 0 Å². The molecule has 2 N–H and O–H groups in total. The third-order valence-corrected chi connectivity index (χ3v) is 5.55. The van der Waals surface area contributed by atoms with Gasteiger partial charge in [0.1, 0.15) is 11.9 Å². The number of nitrogens with zero attached hydrogens (tertiary/aromatic N) is 2. The molecule has 0 bridgehead atoms. The van der Waals surface area contributed by atoms with E-state index >= 15 is 0 Å². The number of fused-ring (bicyclic) bond motifs is 1. The fourth-order valence-corrected chi connectivity index (χ4v) is 3.96. The van der Waals surface area contributed by atoms with Crippen LogP contribution >= 0.6 is 0 Å². The third-order valence-electron chi connectivity index (χ3n) is 5.55. The number of guanidine groups is 1. The van der Waals surface area contributed by atoms with Crippen molar-refractivity contribution in [2.24, 2.45) is 10.9 Å². The van der Waals surface area contributed by atoms with Gasteiger partial charge in [-0.05, 0) is 36.1 Å². The lowest BCUT2D eigenvalue weighted by molar-refractivity contribution is 0.235. The fraction of sp³-hybridized carbons (Fsp3) is 0.409. The molecular formula is C22H26F2N4O. The molecule has 0 amide bonds. The SMILES string of the molecule is CN=C(NCC1CCN(c2ccc(F)c(F)c2)C1)NCC1Cc2ccccc2O1. The monoisotopic (exact) mass is 400 g/mol. The summed E-state index contributed by atoms with van der Waals surface area (Å²) in [6.45, 7) is 3.08. The number of aliphatic imine (C=N–C) groups is 1. The van der Waals surface area contributed by atoms with Gasteiger partial charge in [0.05, 0.1) is 6.54 Å². The molecule has 154 valence electrons. The maximum atomic E-state index is 13.5. The maximum absolute atomic E-state index is 13.5. The molecule has 2 atom stereocenters. The van der Waals surface area contributed by atoms with Gasteiger partial charge >= 0.3 is 0 Å². The number of benzene rings is 2. The van der Waals surface area contributed by atoms with Gasteiger partial charge in [-0.3, -0.25) is 4.99 Å². The lowest BCUT2D eigenvalue weighted by Crippen LogP contribution is -2.44. The molecule has 2 aliphatic rings. The number of nitrogens with one attached hydrogen (secondary N) is 2. The molecule has 0 spiro atoms. The largest absolute Gasteiger partial charge is 0.488 e. The Morgan fingerprint density at radius 1 is 1.14 bits per heavy atom. The summed E-state index contributed by atoms with van der Waals surface area (Å²) in [5, 5.41) is 6.71. The van der Waals surface area contributed by atoms with Crippen LogP contribution < -0.4 is 20.3 Å². The summed E-state index contributed by atoms with van der Waals surface area (Å²) >= 11 is 0. The van der Waals surface area contributed by atoms with E-state index in [2.05, 4.69) is 26.6 Å². The Morgan fingerprint density at radius 3 is 2.76 bits per heavy atom. The zero-order chi connectivity index (χ0) is 20.2. The Kier molecular flexibility index (Phi) is 5.83. The standard InChI is InChI=1S/C22H26F2N4O/c1-25-22(27-13-18-10-16-4-2-3-5-21(16)29-18)26-12-15-8-9-28(14-15)17-6-7-19(23)20(24)11-17/h2-7,11,15,18H,8-10,12-14H2,1H3,(H2,25,26,27). The zero-order valence-electron chi connectivity index (χ0n) is 16.5. The van der Waals surface area contributed by atoms with Gasteiger partial charge in [-0.15, -0.1) is 0 Å². The Bertz CT molecular complexity index is 864. The molecule has 2 heterocycles. The maximum Gasteiger partial charge on any atom is 0.191 e. The molecule has 0 saturated carbocycles. The van der Waals surface area contributed by atoms with Crippen LogP contribution in [0.1, 0.15) is 12.0 Å². The molecule has 2 aromatic carbocycles. The van der Waals surface area contributed by atoms with Gasteiger partial charge in [0.25, 0.3) is 0 Å². The van der Waals surface area contributed by atoms with Crippen LogP contribution in [-0.2, 0) is 6.42 Å². The average molecular weight is 400 g/mol. The first-order chi connectivity index (χ1) is 14.1. The number of anilines is 1. The van der Waals surface area contributed by atoms with Gasteiger partial charge in [-0.1, -0.05) is 18.2 Å². The van der Waals surface area contributed by atoms with E-state index in [1.807, 2.05) is 18.2 Å². The van der Waals surface area contributed by atoms with Gasteiger partial charge in [0.15, 0.2) is 17.6 Å². The van der Waals surface area contributed by atoms with Crippen molar-refractivity contribution in [2.45, 2.75) is 18.9 Å². The summed E-state index contributed by atoms with van der Waals surface area (Å²) < 4.78 is 32.6. The first-order valence-electron chi connectivity index (χ1n) is 10.0. The van der Waals surface area contributed by atoms with Crippen LogP contribution in [0, 0.1) is 17.6 Å². The summed E-state index contributed by atoms with van der Waals surface area (Å²) in [6, 6.07) is 12.2. The highest BCUT2D eigenvalue weighted by atomic mass is 19.2. The van der Waals surface area contributed by atoms with Crippen LogP contribution in [0.2, 0.25) is 0 Å². The van der Waals surface area contributed by atoms with Crippen LogP contribution in [0.4, 0.5) is 14.5 Å². The summed E-state index contributed by atoms with van der Waals surface area (Å²) in [4.78, 5) is 6.38. The van der Waals surface area contributed by atoms with Crippen molar-refractivity contribution in [3.8, 4) is 5.75 Å². The van der Waals surface area contributed by atoms with E-state index in [-0.39, 0.29) is 6.10 Å². The molecule has 5 nitrogen and oxygen atoms in total. The molecule has 2 aliphatic heterocycles. The summed E-state index contributed by atoms with van der Waals surface area (Å²) in [7, 11) is 1.75. The van der Waals surface area contributed by atoms with Crippen molar-refractivity contribution in [3.63, 3.8) is 0 Å². The molecule has 4 rings (SSSR count). The lowest BCUT2D eigenvalue weighted by atomic mass is 10.1. The summed E-state index contributed by atoms with van der Waals surface area (Å²) in [6.07, 6.45) is 1.98. The number of rotatable bonds is 5. The molecule has 7 heteroatoms. The second kappa shape index (κ2) is 8.68. The van der Waals surface area contributed by atoms with E-state index < -0.39 is 11.6 Å². The lowest BCUT2D eigenvalue weighted by Gasteiger charge is -2.20. The van der Waals surface area contributed by atoms with Crippen LogP contribution in [0.5, 0.6) is 5.75 Å². The number of halogens is 2. The van der Waals surface area contributed by atoms with E-state index in [1.165, 1.54) is 17.7 Å². The van der Waals surface area contributed by atoms with Crippen LogP contribution in [-0.4, -0.2) is 45.3 Å². The number of hydrogen-bond acceptors (Lipinski definition) is 3. The molecular weight excluding hydrogens is 374 g/mol. The second-order valence-electron chi connectivity index (χ2n) is 7.58. The topological polar surface area (TPSA) is 48.9 Å². The Morgan fingerprint density at radius 2 is 1.97 bits per heavy atom. The molecule has 2 unspecified atom stereocenters. The second-order valence-corrected chi connectivity index (χ2v) is 7.58. The molecule has 2 aromatic rings. The zero-order valence-corrected chi connectivity index (χ0v) is 16.5. The van der Waals surface area contributed by atoms with E-state index in [9.17, 15) is 8.78 Å². The minimum Gasteiger partial charge on any atom is -0.488 e. The van der Waals surface area contributed by atoms with Crippen molar-refractivity contribution in [2.75, 3.05) is 38.1 Å². The minimum absolute atomic E-state index is 0.0984. The minimum atomic E-state index is -0.810. The normalized spacial score (nSPS) is 21.1. The van der Waals surface area contributed by atoms with Gasteiger partial charge in [-0.25, -0.2) is 8.78 Å². The third kappa shape index (κ3) is 4.60. The van der Waals surface area contributed by atoms with Crippen molar-refractivity contribution >= 4 is 11.6 Å². The molecule has 0 aliphatic carbocycles. The molecule has 29 heavy (non-hydrogen) atoms. The first-order valence-corrected chi connectivity index (χ1v) is 10.0. The number of hydrogen-bond donors (Lipinski definition) is 2. The highest BCUT2D eigenvalue weighted by Gasteiger charge is 2.25. The van der Waals surface area contributed by atoms with E-state index in [0.29, 0.717) is 12.5 Å². The van der Waals surface area contributed by atoms with Gasteiger partial charge in [0.2, 0.25) is 0 Å². The molecule has 0 aromatic heterocycles. The van der Waals surface area contributed by atoms with Crippen molar-refractivity contribution < 1.29 is 13.5 Å². The predicted molar refractivity (Wildman–Crippen MR) is 111 cm³/mol. The van der Waals surface area contributed by atoms with E-state index in [1.54, 1.807) is 13.1 Å². The van der Waals surface area contributed by atoms with E-state index in [4.69, 9.17) is 4.74 Å². The average Bonchev–Trinajstić information content (AvgIpc) is 3.37. The molecule has 1 saturated heterocycles. The van der Waals surface area contributed by atoms with Crippen molar-refractivity contribution in [1.29, 1.82) is 0 Å². The summed E-state index contributed by atoms with van der Waals surface area (Å²) in [5.41, 5.74) is 1.97. The fourth-order valence-electron chi connectivity index (χ4n) is 3.96. The van der Waals surface area contributed by atoms with Gasteiger partial charge < -0.3 is 20.3 Å². The number of ether oxygens (including phenoxy) is 1. The Balaban J connectivity index is 1.22. The highest BCUT2D eigenvalue weighted by Crippen LogP contribution is 2.28. The summed E-state index contributed by atoms with van der Waals surface area (Å²) in [5.74, 6) is 0.510. The van der Waals surface area contributed by atoms with Crippen molar-refractivity contribution in [1.82, 2.24) is 10.6 Å². The first kappa shape index (κ1) is 19.5. The Hall–Kier alpha value is -2.83. The predicted octanol–water partition coefficient (Wildman–Crippen LogP) is 2.96. The van der Waals surface area contributed by atoms with Crippen LogP contribution in [0.15, 0.2) is 47.5 Å². The number of para-hydroxylation sites is 1. The quantitative estimate of drug-likeness (QED) is 0.599. The van der Waals surface area contributed by atoms with Gasteiger partial charge in [-0.2, -0.15) is 0 Å². The van der Waals surface area contributed by atoms with Crippen LogP contribution in [0.25, 0.3) is 0 Å². The molecule has 1 fully saturated rings.